The normalized spacial score (nSPS) is 23.8. The summed E-state index contributed by atoms with van der Waals surface area (Å²) in [5.41, 5.74) is 2.28. The van der Waals surface area contributed by atoms with E-state index in [1.165, 1.54) is 0 Å². The van der Waals surface area contributed by atoms with Crippen LogP contribution in [0.1, 0.15) is 16.7 Å². The maximum Gasteiger partial charge on any atom is 0.243 e. The average Bonchev–Trinajstić information content (AvgIpc) is 2.72. The zero-order chi connectivity index (χ0) is 18.3. The van der Waals surface area contributed by atoms with Crippen molar-refractivity contribution in [2.24, 2.45) is 0 Å². The molecule has 136 valence electrons. The molecule has 1 aromatic carbocycles. The monoisotopic (exact) mass is 377 g/mol. The predicted molar refractivity (Wildman–Crippen MR) is 90.1 cm³/mol. The van der Waals surface area contributed by atoms with E-state index in [1.807, 2.05) is 6.92 Å². The Morgan fingerprint density at radius 3 is 2.21 bits per heavy atom. The Morgan fingerprint density at radius 1 is 1.12 bits per heavy atom. The number of rotatable bonds is 5. The predicted octanol–water partition coefficient (Wildman–Crippen LogP) is -0.247. The molecule has 0 amide bonds. The molecule has 2 atom stereocenters. The van der Waals surface area contributed by atoms with Gasteiger partial charge in [-0.25, -0.2) is 16.8 Å². The van der Waals surface area contributed by atoms with Crippen molar-refractivity contribution in [2.45, 2.75) is 37.8 Å². The number of aryl methyl sites for hydroxylation is 3. The van der Waals surface area contributed by atoms with Gasteiger partial charge in [-0.15, -0.1) is 0 Å². The van der Waals surface area contributed by atoms with E-state index in [9.17, 15) is 27.0 Å². The molecule has 2 rings (SSSR count). The first-order valence-electron chi connectivity index (χ1n) is 7.58. The van der Waals surface area contributed by atoms with Gasteiger partial charge in [-0.3, -0.25) is 0 Å². The van der Waals surface area contributed by atoms with E-state index in [-0.39, 0.29) is 11.4 Å². The zero-order valence-electron chi connectivity index (χ0n) is 13.9. The lowest BCUT2D eigenvalue weighted by Gasteiger charge is -2.29. The molecule has 1 fully saturated rings. The molecule has 9 heteroatoms. The summed E-state index contributed by atoms with van der Waals surface area (Å²) in [6.07, 6.45) is -1.30. The fourth-order valence-electron chi connectivity index (χ4n) is 2.99. The van der Waals surface area contributed by atoms with Crippen LogP contribution in [-0.4, -0.2) is 68.2 Å². The Hall–Kier alpha value is -1.00. The second-order valence-corrected chi connectivity index (χ2v) is 10.3. The van der Waals surface area contributed by atoms with Gasteiger partial charge >= 0.3 is 0 Å². The third-order valence-corrected chi connectivity index (χ3v) is 8.13. The van der Waals surface area contributed by atoms with Crippen molar-refractivity contribution in [2.75, 3.05) is 24.7 Å². The standard InChI is InChI=1S/C15H23NO6S2/c1-10-6-12(3)15(7-11(10)2)24(21,22)16(4-5-17)13-8-23(19,20)9-14(13)18/h6-7,13-14,17-18H,4-5,8-9H2,1-3H3/t13-,14-/m1/s1. The molecule has 0 unspecified atom stereocenters. The topological polar surface area (TPSA) is 112 Å². The van der Waals surface area contributed by atoms with Gasteiger partial charge in [-0.1, -0.05) is 6.07 Å². The molecule has 0 radical (unpaired) electrons. The zero-order valence-corrected chi connectivity index (χ0v) is 15.6. The van der Waals surface area contributed by atoms with Crippen LogP contribution in [0.15, 0.2) is 17.0 Å². The first kappa shape index (κ1) is 19.3. The highest BCUT2D eigenvalue weighted by molar-refractivity contribution is 7.92. The van der Waals surface area contributed by atoms with Gasteiger partial charge < -0.3 is 10.2 Å². The molecule has 1 aliphatic heterocycles. The Morgan fingerprint density at radius 2 is 1.71 bits per heavy atom. The van der Waals surface area contributed by atoms with E-state index >= 15 is 0 Å². The van der Waals surface area contributed by atoms with Crippen molar-refractivity contribution in [3.05, 3.63) is 28.8 Å². The molecule has 0 aliphatic carbocycles. The summed E-state index contributed by atoms with van der Waals surface area (Å²) in [5.74, 6) is -0.918. The minimum Gasteiger partial charge on any atom is -0.395 e. The SMILES string of the molecule is Cc1cc(C)c(S(=O)(=O)N(CCO)[C@@H]2CS(=O)(=O)C[C@H]2O)cc1C. The molecule has 1 aliphatic rings. The van der Waals surface area contributed by atoms with E-state index in [1.54, 1.807) is 26.0 Å². The molecule has 0 aromatic heterocycles. The highest BCUT2D eigenvalue weighted by atomic mass is 32.2. The highest BCUT2D eigenvalue weighted by Gasteiger charge is 2.44. The largest absolute Gasteiger partial charge is 0.395 e. The van der Waals surface area contributed by atoms with Gasteiger partial charge in [0, 0.05) is 6.54 Å². The van der Waals surface area contributed by atoms with Crippen LogP contribution in [-0.2, 0) is 19.9 Å². The third-order valence-electron chi connectivity index (χ3n) is 4.36. The van der Waals surface area contributed by atoms with Crippen LogP contribution in [0.3, 0.4) is 0 Å². The maximum absolute atomic E-state index is 13.1. The van der Waals surface area contributed by atoms with Gasteiger partial charge in [-0.2, -0.15) is 4.31 Å². The minimum absolute atomic E-state index is 0.0653. The molecule has 24 heavy (non-hydrogen) atoms. The molecule has 7 nitrogen and oxygen atoms in total. The summed E-state index contributed by atoms with van der Waals surface area (Å²) in [7, 11) is -7.56. The smallest absolute Gasteiger partial charge is 0.243 e. The molecular formula is C15H23NO6S2. The van der Waals surface area contributed by atoms with Gasteiger partial charge in [0.05, 0.1) is 35.2 Å². The van der Waals surface area contributed by atoms with Crippen LogP contribution in [0.25, 0.3) is 0 Å². The van der Waals surface area contributed by atoms with E-state index in [0.717, 1.165) is 15.4 Å². The fourth-order valence-corrected chi connectivity index (χ4v) is 6.82. The molecule has 0 spiro atoms. The van der Waals surface area contributed by atoms with Crippen LogP contribution < -0.4 is 0 Å². The maximum atomic E-state index is 13.1. The van der Waals surface area contributed by atoms with Gasteiger partial charge in [0.1, 0.15) is 0 Å². The molecule has 1 saturated heterocycles. The number of nitrogens with zero attached hydrogens (tertiary/aromatic N) is 1. The number of aliphatic hydroxyl groups is 2. The summed E-state index contributed by atoms with van der Waals surface area (Å²) >= 11 is 0. The Balaban J connectivity index is 2.53. The van der Waals surface area contributed by atoms with E-state index in [4.69, 9.17) is 0 Å². The van der Waals surface area contributed by atoms with Crippen LogP contribution in [0, 0.1) is 20.8 Å². The minimum atomic E-state index is -4.05. The third kappa shape index (κ3) is 3.65. The molecular weight excluding hydrogens is 354 g/mol. The molecule has 1 aromatic rings. The Labute approximate surface area is 142 Å². The summed E-state index contributed by atoms with van der Waals surface area (Å²) < 4.78 is 50.5. The Kier molecular flexibility index (Phi) is 5.41. The van der Waals surface area contributed by atoms with Crippen molar-refractivity contribution in [3.8, 4) is 0 Å². The summed E-state index contributed by atoms with van der Waals surface area (Å²) in [5, 5.41) is 19.3. The van der Waals surface area contributed by atoms with Crippen LogP contribution in [0.2, 0.25) is 0 Å². The van der Waals surface area contributed by atoms with Crippen molar-refractivity contribution >= 4 is 19.9 Å². The number of benzene rings is 1. The lowest BCUT2D eigenvalue weighted by molar-refractivity contribution is 0.117. The van der Waals surface area contributed by atoms with Gasteiger partial charge in [0.2, 0.25) is 10.0 Å². The first-order valence-corrected chi connectivity index (χ1v) is 10.8. The van der Waals surface area contributed by atoms with Gasteiger partial charge in [0.25, 0.3) is 0 Å². The molecule has 0 bridgehead atoms. The molecule has 1 heterocycles. The van der Waals surface area contributed by atoms with Crippen LogP contribution in [0.5, 0.6) is 0 Å². The summed E-state index contributed by atoms with van der Waals surface area (Å²) in [6.45, 7) is 4.59. The van der Waals surface area contributed by atoms with Crippen molar-refractivity contribution in [1.82, 2.24) is 4.31 Å². The first-order chi connectivity index (χ1) is 11.0. The van der Waals surface area contributed by atoms with E-state index < -0.39 is 50.1 Å². The average molecular weight is 377 g/mol. The summed E-state index contributed by atoms with van der Waals surface area (Å²) in [4.78, 5) is 0.0653. The summed E-state index contributed by atoms with van der Waals surface area (Å²) in [6, 6.07) is 2.20. The van der Waals surface area contributed by atoms with Crippen LogP contribution in [0.4, 0.5) is 0 Å². The molecule has 0 saturated carbocycles. The van der Waals surface area contributed by atoms with E-state index in [2.05, 4.69) is 0 Å². The van der Waals surface area contributed by atoms with E-state index in [0.29, 0.717) is 5.56 Å². The quantitative estimate of drug-likeness (QED) is 0.732. The van der Waals surface area contributed by atoms with Gasteiger partial charge in [-0.05, 0) is 43.5 Å². The Bertz CT molecular complexity index is 832. The highest BCUT2D eigenvalue weighted by Crippen LogP contribution is 2.28. The number of sulfone groups is 1. The second kappa shape index (κ2) is 6.72. The van der Waals surface area contributed by atoms with Gasteiger partial charge in [0.15, 0.2) is 9.84 Å². The lowest BCUT2D eigenvalue weighted by Crippen LogP contribution is -2.48. The number of sulfonamides is 1. The number of hydrogen-bond donors (Lipinski definition) is 2. The molecule has 2 N–H and O–H groups in total. The van der Waals surface area contributed by atoms with Crippen molar-refractivity contribution in [3.63, 3.8) is 0 Å². The number of aliphatic hydroxyl groups excluding tert-OH is 2. The van der Waals surface area contributed by atoms with Crippen molar-refractivity contribution in [1.29, 1.82) is 0 Å². The number of hydrogen-bond acceptors (Lipinski definition) is 6. The second-order valence-electron chi connectivity index (χ2n) is 6.25. The van der Waals surface area contributed by atoms with Crippen molar-refractivity contribution < 1.29 is 27.0 Å². The lowest BCUT2D eigenvalue weighted by atomic mass is 10.1. The fraction of sp³-hybridized carbons (Fsp3) is 0.600. The van der Waals surface area contributed by atoms with Crippen LogP contribution >= 0.6 is 0 Å².